The molecule has 0 radical (unpaired) electrons. The molecule has 0 spiro atoms. The minimum atomic E-state index is -0.351. The van der Waals surface area contributed by atoms with Crippen molar-refractivity contribution >= 4 is 18.1 Å². The highest BCUT2D eigenvalue weighted by atomic mass is 16.2. The molecule has 1 amide bonds. The van der Waals surface area contributed by atoms with Gasteiger partial charge in [0, 0.05) is 6.08 Å². The van der Waals surface area contributed by atoms with Gasteiger partial charge in [-0.2, -0.15) is 0 Å². The molecule has 4 heteroatoms. The van der Waals surface area contributed by atoms with Crippen LogP contribution in [0.15, 0.2) is 17.8 Å². The molecule has 0 bridgehead atoms. The van der Waals surface area contributed by atoms with E-state index >= 15 is 0 Å². The van der Waals surface area contributed by atoms with E-state index in [1.807, 2.05) is 0 Å². The van der Waals surface area contributed by atoms with E-state index in [0.717, 1.165) is 4.90 Å². The lowest BCUT2D eigenvalue weighted by Gasteiger charge is -2.09. The second-order valence-electron chi connectivity index (χ2n) is 1.94. The first kappa shape index (κ1) is 7.44. The number of hydrogen-bond acceptors (Lipinski definition) is 3. The molecule has 0 unspecified atom stereocenters. The van der Waals surface area contributed by atoms with Gasteiger partial charge >= 0.3 is 0 Å². The number of carbonyl (C=O) groups excluding carboxylic acids is 3. The molecular weight excluding hydrogens is 146 g/mol. The van der Waals surface area contributed by atoms with Crippen molar-refractivity contribution in [1.82, 2.24) is 4.90 Å². The quantitative estimate of drug-likeness (QED) is 0.387. The molecule has 0 saturated heterocycles. The lowest BCUT2D eigenvalue weighted by atomic mass is 10.4. The molecule has 0 fully saturated rings. The van der Waals surface area contributed by atoms with Crippen molar-refractivity contribution < 1.29 is 14.4 Å². The normalized spacial score (nSPS) is 15.5. The molecule has 56 valence electrons. The Kier molecular flexibility index (Phi) is 1.99. The van der Waals surface area contributed by atoms with Crippen LogP contribution >= 0.6 is 0 Å². The van der Waals surface area contributed by atoms with E-state index in [4.69, 9.17) is 0 Å². The van der Waals surface area contributed by atoms with Gasteiger partial charge in [-0.05, 0) is 6.08 Å². The summed E-state index contributed by atoms with van der Waals surface area (Å²) < 4.78 is 0. The Morgan fingerprint density at radius 2 is 2.27 bits per heavy atom. The average Bonchev–Trinajstić information content (AvgIpc) is 2.34. The molecule has 0 atom stereocenters. The molecule has 1 aliphatic rings. The molecule has 0 aromatic carbocycles. The zero-order chi connectivity index (χ0) is 8.27. The third kappa shape index (κ3) is 1.25. The molecule has 1 aliphatic heterocycles. The minimum absolute atomic E-state index is 0.0869. The lowest BCUT2D eigenvalue weighted by molar-refractivity contribution is -0.125. The summed E-state index contributed by atoms with van der Waals surface area (Å²) in [4.78, 5) is 32.0. The number of carbonyl (C=O) groups is 2. The van der Waals surface area contributed by atoms with Gasteiger partial charge in [0.25, 0.3) is 5.91 Å². The van der Waals surface area contributed by atoms with Crippen molar-refractivity contribution in [2.24, 2.45) is 0 Å². The van der Waals surface area contributed by atoms with Gasteiger partial charge in [0.1, 0.15) is 12.0 Å². The van der Waals surface area contributed by atoms with E-state index in [9.17, 15) is 14.4 Å². The Morgan fingerprint density at radius 1 is 1.55 bits per heavy atom. The van der Waals surface area contributed by atoms with Crippen molar-refractivity contribution in [2.75, 3.05) is 6.54 Å². The summed E-state index contributed by atoms with van der Waals surface area (Å²) in [5.74, 6) is 1.20. The summed E-state index contributed by atoms with van der Waals surface area (Å²) in [6.45, 7) is -0.0869. The topological polar surface area (TPSA) is 54.5 Å². The van der Waals surface area contributed by atoms with Gasteiger partial charge < -0.3 is 4.79 Å². The highest BCUT2D eigenvalue weighted by Gasteiger charge is 2.19. The number of amides is 1. The summed E-state index contributed by atoms with van der Waals surface area (Å²) in [7, 11) is 0. The Morgan fingerprint density at radius 3 is 2.82 bits per heavy atom. The fraction of sp³-hybridized carbons (Fsp3) is 0.143. The highest BCUT2D eigenvalue weighted by Crippen LogP contribution is 2.09. The summed E-state index contributed by atoms with van der Waals surface area (Å²) in [5, 5.41) is 0. The van der Waals surface area contributed by atoms with Gasteiger partial charge in [-0.25, -0.2) is 4.79 Å². The average molecular weight is 151 g/mol. The van der Waals surface area contributed by atoms with Crippen LogP contribution in [0.1, 0.15) is 0 Å². The molecule has 0 aliphatic carbocycles. The van der Waals surface area contributed by atoms with Crippen LogP contribution in [0, 0.1) is 0 Å². The maximum Gasteiger partial charge on any atom is 0.252 e. The molecule has 1 heterocycles. The number of nitrogens with zero attached hydrogens (tertiary/aromatic N) is 1. The number of aldehydes is 1. The summed E-state index contributed by atoms with van der Waals surface area (Å²) in [6, 6.07) is 0. The Bertz CT molecular complexity index is 273. The van der Waals surface area contributed by atoms with Crippen LogP contribution in [-0.4, -0.2) is 29.6 Å². The first-order valence-electron chi connectivity index (χ1n) is 2.98. The van der Waals surface area contributed by atoms with Crippen LogP contribution in [0.5, 0.6) is 0 Å². The predicted octanol–water partition coefficient (Wildman–Crippen LogP) is -0.701. The van der Waals surface area contributed by atoms with Crippen LogP contribution in [0.25, 0.3) is 0 Å². The van der Waals surface area contributed by atoms with Crippen molar-refractivity contribution in [3.05, 3.63) is 17.8 Å². The second kappa shape index (κ2) is 2.94. The van der Waals surface area contributed by atoms with Gasteiger partial charge in [0.05, 0.1) is 6.54 Å². The maximum atomic E-state index is 10.8. The number of rotatable bonds is 2. The Labute approximate surface area is 62.8 Å². The Hall–Kier alpha value is -1.67. The lowest BCUT2D eigenvalue weighted by Crippen LogP contribution is -2.26. The maximum absolute atomic E-state index is 10.8. The van der Waals surface area contributed by atoms with Crippen LogP contribution < -0.4 is 0 Å². The van der Waals surface area contributed by atoms with E-state index in [1.165, 1.54) is 12.2 Å². The van der Waals surface area contributed by atoms with Crippen LogP contribution in [0.3, 0.4) is 0 Å². The predicted molar refractivity (Wildman–Crippen MR) is 36.1 cm³/mol. The first-order chi connectivity index (χ1) is 5.29. The summed E-state index contributed by atoms with van der Waals surface area (Å²) in [5.41, 5.74) is 0.113. The van der Waals surface area contributed by atoms with Gasteiger partial charge in [0.15, 0.2) is 5.94 Å². The van der Waals surface area contributed by atoms with Gasteiger partial charge in [-0.1, -0.05) is 0 Å². The SMILES string of the molecule is O=C=C1C=CC(=O)N1CC=O. The van der Waals surface area contributed by atoms with E-state index in [0.29, 0.717) is 6.29 Å². The van der Waals surface area contributed by atoms with Gasteiger partial charge in [-0.15, -0.1) is 0 Å². The largest absolute Gasteiger partial charge is 0.301 e. The Balaban J connectivity index is 2.86. The first-order valence-corrected chi connectivity index (χ1v) is 2.98. The zero-order valence-electron chi connectivity index (χ0n) is 5.61. The standard InChI is InChI=1S/C7H5NO3/c9-4-3-8-6(5-10)1-2-7(8)11/h1-2,4H,3H2. The monoisotopic (exact) mass is 151 g/mol. The second-order valence-corrected chi connectivity index (χ2v) is 1.94. The van der Waals surface area contributed by atoms with Gasteiger partial charge in [0.2, 0.25) is 0 Å². The molecule has 1 rings (SSSR count). The molecular formula is C7H5NO3. The van der Waals surface area contributed by atoms with Crippen molar-refractivity contribution in [3.8, 4) is 0 Å². The minimum Gasteiger partial charge on any atom is -0.301 e. The van der Waals surface area contributed by atoms with E-state index < -0.39 is 0 Å². The molecule has 11 heavy (non-hydrogen) atoms. The summed E-state index contributed by atoms with van der Waals surface area (Å²) >= 11 is 0. The van der Waals surface area contributed by atoms with Crippen LogP contribution in [0.2, 0.25) is 0 Å². The third-order valence-corrected chi connectivity index (χ3v) is 1.30. The zero-order valence-corrected chi connectivity index (χ0v) is 5.61. The number of hydrogen-bond donors (Lipinski definition) is 0. The van der Waals surface area contributed by atoms with Crippen LogP contribution in [-0.2, 0) is 14.4 Å². The highest BCUT2D eigenvalue weighted by molar-refractivity contribution is 5.96. The third-order valence-electron chi connectivity index (χ3n) is 1.30. The van der Waals surface area contributed by atoms with E-state index in [1.54, 1.807) is 5.94 Å². The van der Waals surface area contributed by atoms with Crippen molar-refractivity contribution in [1.29, 1.82) is 0 Å². The van der Waals surface area contributed by atoms with E-state index in [2.05, 4.69) is 0 Å². The van der Waals surface area contributed by atoms with E-state index in [-0.39, 0.29) is 18.1 Å². The van der Waals surface area contributed by atoms with Crippen LogP contribution in [0.4, 0.5) is 0 Å². The molecule has 0 saturated carbocycles. The molecule has 0 N–H and O–H groups in total. The molecule has 0 aromatic heterocycles. The number of allylic oxidation sites excluding steroid dienone is 1. The molecule has 4 nitrogen and oxygen atoms in total. The van der Waals surface area contributed by atoms with Crippen molar-refractivity contribution in [3.63, 3.8) is 0 Å². The fourth-order valence-corrected chi connectivity index (χ4v) is 0.801. The fourth-order valence-electron chi connectivity index (χ4n) is 0.801. The molecule has 0 aromatic rings. The van der Waals surface area contributed by atoms with Crippen molar-refractivity contribution in [2.45, 2.75) is 0 Å². The smallest absolute Gasteiger partial charge is 0.252 e. The van der Waals surface area contributed by atoms with Gasteiger partial charge in [-0.3, -0.25) is 9.69 Å². The summed E-state index contributed by atoms with van der Waals surface area (Å²) in [6.07, 6.45) is 3.12.